The van der Waals surface area contributed by atoms with Crippen molar-refractivity contribution < 1.29 is 4.79 Å². The summed E-state index contributed by atoms with van der Waals surface area (Å²) >= 11 is 0. The number of hydrogen-bond donors (Lipinski definition) is 1. The lowest BCUT2D eigenvalue weighted by Gasteiger charge is -2.33. The molecule has 1 amide bonds. The number of nitrogens with one attached hydrogen (secondary N) is 1. The lowest BCUT2D eigenvalue weighted by molar-refractivity contribution is -0.123. The van der Waals surface area contributed by atoms with Crippen molar-refractivity contribution >= 4 is 17.3 Å². The maximum atomic E-state index is 12.4. The SMILES string of the molecule is CC(C)(C)C(=O)Nc1cc2c3c(c1)C1CCCCCC1N3CCC2. The summed E-state index contributed by atoms with van der Waals surface area (Å²) in [5.41, 5.74) is 5.15. The first kappa shape index (κ1) is 16.0. The Balaban J connectivity index is 1.72. The van der Waals surface area contributed by atoms with E-state index in [9.17, 15) is 4.79 Å². The van der Waals surface area contributed by atoms with E-state index in [4.69, 9.17) is 0 Å². The molecule has 0 radical (unpaired) electrons. The number of carbonyl (C=O) groups is 1. The Labute approximate surface area is 145 Å². The summed E-state index contributed by atoms with van der Waals surface area (Å²) < 4.78 is 0. The van der Waals surface area contributed by atoms with Crippen LogP contribution in [-0.2, 0) is 11.2 Å². The Morgan fingerprint density at radius 3 is 2.71 bits per heavy atom. The smallest absolute Gasteiger partial charge is 0.229 e. The van der Waals surface area contributed by atoms with Crippen LogP contribution in [0.5, 0.6) is 0 Å². The molecule has 1 fully saturated rings. The summed E-state index contributed by atoms with van der Waals surface area (Å²) in [6, 6.07) is 5.23. The van der Waals surface area contributed by atoms with E-state index in [0.29, 0.717) is 12.0 Å². The third-order valence-electron chi connectivity index (χ3n) is 6.07. The Morgan fingerprint density at radius 1 is 1.12 bits per heavy atom. The van der Waals surface area contributed by atoms with Crippen LogP contribution in [-0.4, -0.2) is 18.5 Å². The number of rotatable bonds is 1. The molecule has 0 saturated heterocycles. The van der Waals surface area contributed by atoms with Gasteiger partial charge in [-0.2, -0.15) is 0 Å². The van der Waals surface area contributed by atoms with Crippen LogP contribution in [0.15, 0.2) is 12.1 Å². The molecule has 4 rings (SSSR count). The minimum atomic E-state index is -0.354. The van der Waals surface area contributed by atoms with Gasteiger partial charge >= 0.3 is 0 Å². The maximum absolute atomic E-state index is 12.4. The molecule has 24 heavy (non-hydrogen) atoms. The molecular formula is C21H30N2O. The van der Waals surface area contributed by atoms with Gasteiger partial charge in [0.1, 0.15) is 0 Å². The summed E-state index contributed by atoms with van der Waals surface area (Å²) in [5, 5.41) is 3.18. The van der Waals surface area contributed by atoms with Crippen LogP contribution in [0.25, 0.3) is 0 Å². The molecule has 1 aromatic rings. The van der Waals surface area contributed by atoms with Crippen LogP contribution in [0, 0.1) is 5.41 Å². The lowest BCUT2D eigenvalue weighted by atomic mass is 9.89. The number of nitrogens with zero attached hydrogens (tertiary/aromatic N) is 1. The highest BCUT2D eigenvalue weighted by atomic mass is 16.2. The normalized spacial score (nSPS) is 25.7. The van der Waals surface area contributed by atoms with E-state index >= 15 is 0 Å². The van der Waals surface area contributed by atoms with Gasteiger partial charge in [-0.15, -0.1) is 0 Å². The van der Waals surface area contributed by atoms with Gasteiger partial charge in [0.05, 0.1) is 0 Å². The third-order valence-corrected chi connectivity index (χ3v) is 6.07. The zero-order chi connectivity index (χ0) is 16.9. The Morgan fingerprint density at radius 2 is 1.92 bits per heavy atom. The zero-order valence-electron chi connectivity index (χ0n) is 15.3. The van der Waals surface area contributed by atoms with Gasteiger partial charge in [-0.05, 0) is 48.9 Å². The van der Waals surface area contributed by atoms with E-state index in [1.807, 2.05) is 20.8 Å². The summed E-state index contributed by atoms with van der Waals surface area (Å²) in [7, 11) is 0. The Bertz CT molecular complexity index is 659. The fourth-order valence-electron chi connectivity index (χ4n) is 4.84. The molecule has 2 aliphatic heterocycles. The molecule has 3 nitrogen and oxygen atoms in total. The van der Waals surface area contributed by atoms with Crippen LogP contribution in [0.4, 0.5) is 11.4 Å². The topological polar surface area (TPSA) is 32.3 Å². The molecular weight excluding hydrogens is 296 g/mol. The molecule has 1 saturated carbocycles. The highest BCUT2D eigenvalue weighted by molar-refractivity contribution is 5.95. The van der Waals surface area contributed by atoms with Crippen LogP contribution < -0.4 is 10.2 Å². The second-order valence-electron chi connectivity index (χ2n) is 8.89. The third kappa shape index (κ3) is 2.62. The minimum Gasteiger partial charge on any atom is -0.367 e. The quantitative estimate of drug-likeness (QED) is 0.800. The molecule has 2 unspecified atom stereocenters. The van der Waals surface area contributed by atoms with Crippen molar-refractivity contribution in [3.63, 3.8) is 0 Å². The summed E-state index contributed by atoms with van der Waals surface area (Å²) in [6.45, 7) is 7.14. The van der Waals surface area contributed by atoms with Gasteiger partial charge in [-0.1, -0.05) is 40.0 Å². The van der Waals surface area contributed by atoms with Gasteiger partial charge in [-0.25, -0.2) is 0 Å². The first-order valence-electron chi connectivity index (χ1n) is 9.70. The average Bonchev–Trinajstić information content (AvgIpc) is 2.70. The van der Waals surface area contributed by atoms with Crippen LogP contribution in [0.3, 0.4) is 0 Å². The molecule has 1 N–H and O–H groups in total. The number of fused-ring (bicyclic) bond motifs is 3. The fourth-order valence-corrected chi connectivity index (χ4v) is 4.84. The van der Waals surface area contributed by atoms with Crippen molar-refractivity contribution in [2.75, 3.05) is 16.8 Å². The lowest BCUT2D eigenvalue weighted by Crippen LogP contribution is -2.36. The van der Waals surface area contributed by atoms with E-state index in [2.05, 4.69) is 22.3 Å². The molecule has 3 aliphatic rings. The van der Waals surface area contributed by atoms with Gasteiger partial charge in [-0.3, -0.25) is 4.79 Å². The molecule has 3 heteroatoms. The summed E-state index contributed by atoms with van der Waals surface area (Å²) in [6.07, 6.45) is 9.14. The van der Waals surface area contributed by atoms with Crippen molar-refractivity contribution in [1.82, 2.24) is 0 Å². The number of amides is 1. The van der Waals surface area contributed by atoms with Gasteiger partial charge in [0.15, 0.2) is 0 Å². The van der Waals surface area contributed by atoms with E-state index in [1.165, 1.54) is 61.9 Å². The molecule has 2 atom stereocenters. The van der Waals surface area contributed by atoms with Crippen molar-refractivity contribution in [2.24, 2.45) is 5.41 Å². The number of anilines is 2. The maximum Gasteiger partial charge on any atom is 0.229 e. The predicted molar refractivity (Wildman–Crippen MR) is 99.8 cm³/mol. The van der Waals surface area contributed by atoms with Gasteiger partial charge in [0.2, 0.25) is 5.91 Å². The van der Waals surface area contributed by atoms with Crippen LogP contribution in [0.1, 0.15) is 76.3 Å². The second kappa shape index (κ2) is 5.79. The predicted octanol–water partition coefficient (Wildman–Crippen LogP) is 4.85. The van der Waals surface area contributed by atoms with E-state index < -0.39 is 0 Å². The van der Waals surface area contributed by atoms with Gasteiger partial charge in [0.25, 0.3) is 0 Å². The molecule has 1 aromatic carbocycles. The monoisotopic (exact) mass is 326 g/mol. The minimum absolute atomic E-state index is 0.109. The average molecular weight is 326 g/mol. The van der Waals surface area contributed by atoms with Crippen molar-refractivity contribution in [1.29, 1.82) is 0 Å². The number of aryl methyl sites for hydroxylation is 1. The highest BCUT2D eigenvalue weighted by Crippen LogP contribution is 2.51. The largest absolute Gasteiger partial charge is 0.367 e. The van der Waals surface area contributed by atoms with Gasteiger partial charge < -0.3 is 10.2 Å². The molecule has 130 valence electrons. The zero-order valence-corrected chi connectivity index (χ0v) is 15.3. The van der Waals surface area contributed by atoms with Gasteiger partial charge in [0, 0.05) is 35.3 Å². The number of carbonyl (C=O) groups excluding carboxylic acids is 1. The molecule has 2 heterocycles. The standard InChI is InChI=1S/C21H30N2O/c1-21(2,3)20(24)22-15-12-14-8-7-11-23-18-10-6-4-5-9-16(18)17(13-15)19(14)23/h12-13,16,18H,4-11H2,1-3H3,(H,22,24). The van der Waals surface area contributed by atoms with Crippen molar-refractivity contribution in [2.45, 2.75) is 77.7 Å². The van der Waals surface area contributed by atoms with Crippen molar-refractivity contribution in [3.05, 3.63) is 23.3 Å². The van der Waals surface area contributed by atoms with Crippen LogP contribution >= 0.6 is 0 Å². The Kier molecular flexibility index (Phi) is 3.85. The summed E-state index contributed by atoms with van der Waals surface area (Å²) in [5.74, 6) is 0.781. The molecule has 0 bridgehead atoms. The van der Waals surface area contributed by atoms with E-state index in [1.54, 1.807) is 0 Å². The fraction of sp³-hybridized carbons (Fsp3) is 0.667. The number of hydrogen-bond acceptors (Lipinski definition) is 2. The molecule has 0 aromatic heterocycles. The van der Waals surface area contributed by atoms with Crippen molar-refractivity contribution in [3.8, 4) is 0 Å². The van der Waals surface area contributed by atoms with E-state index in [0.717, 1.165) is 12.1 Å². The molecule has 1 aliphatic carbocycles. The highest BCUT2D eigenvalue weighted by Gasteiger charge is 2.41. The number of benzene rings is 1. The first-order chi connectivity index (χ1) is 11.4. The summed E-state index contributed by atoms with van der Waals surface area (Å²) in [4.78, 5) is 15.1. The first-order valence-corrected chi connectivity index (χ1v) is 9.70. The Hall–Kier alpha value is -1.51. The van der Waals surface area contributed by atoms with E-state index in [-0.39, 0.29) is 11.3 Å². The molecule has 0 spiro atoms. The second-order valence-corrected chi connectivity index (χ2v) is 8.89. The van der Waals surface area contributed by atoms with Crippen LogP contribution in [0.2, 0.25) is 0 Å².